The molecular weight excluding hydrogens is 296 g/mol. The van der Waals surface area contributed by atoms with Crippen LogP contribution in [0, 0.1) is 6.92 Å². The van der Waals surface area contributed by atoms with E-state index in [1.54, 1.807) is 37.3 Å². The number of carbonyl (C=O) groups excluding carboxylic acids is 1. The van der Waals surface area contributed by atoms with E-state index in [0.717, 1.165) is 0 Å². The fourth-order valence-corrected chi connectivity index (χ4v) is 1.88. The van der Waals surface area contributed by atoms with Crippen LogP contribution in [-0.2, 0) is 4.79 Å². The van der Waals surface area contributed by atoms with Gasteiger partial charge in [-0.1, -0.05) is 16.8 Å². The van der Waals surface area contributed by atoms with Crippen LogP contribution in [0.15, 0.2) is 34.9 Å². The third-order valence-corrected chi connectivity index (χ3v) is 3.03. The molecule has 2 aromatic rings. The Morgan fingerprint density at radius 3 is 2.52 bits per heavy atom. The van der Waals surface area contributed by atoms with Gasteiger partial charge >= 0.3 is 5.97 Å². The van der Waals surface area contributed by atoms with Crippen LogP contribution in [0.2, 0.25) is 5.02 Å². The molecule has 0 aliphatic carbocycles. The number of benzene rings is 1. The molecule has 7 heteroatoms. The van der Waals surface area contributed by atoms with Gasteiger partial charge in [0.25, 0.3) is 5.91 Å². The maximum atomic E-state index is 12.5. The topological polar surface area (TPSA) is 83.6 Å². The normalized spacial score (nSPS) is 10.4. The molecule has 1 aromatic carbocycles. The number of anilines is 1. The highest BCUT2D eigenvalue weighted by molar-refractivity contribution is 6.30. The Hall–Kier alpha value is -2.34. The minimum Gasteiger partial charge on any atom is -0.481 e. The van der Waals surface area contributed by atoms with Crippen molar-refractivity contribution in [1.29, 1.82) is 0 Å². The molecular formula is C14H13ClN2O4. The molecule has 0 bridgehead atoms. The van der Waals surface area contributed by atoms with Crippen molar-refractivity contribution in [3.8, 4) is 0 Å². The van der Waals surface area contributed by atoms with Crippen molar-refractivity contribution in [2.45, 2.75) is 13.3 Å². The average molecular weight is 309 g/mol. The van der Waals surface area contributed by atoms with Crippen LogP contribution in [0.25, 0.3) is 0 Å². The Kier molecular flexibility index (Phi) is 4.59. The number of aromatic nitrogens is 1. The zero-order valence-electron chi connectivity index (χ0n) is 11.2. The van der Waals surface area contributed by atoms with Crippen molar-refractivity contribution in [3.05, 3.63) is 46.7 Å². The first-order valence-electron chi connectivity index (χ1n) is 6.20. The predicted octanol–water partition coefficient (Wildman–Crippen LogP) is 2.76. The smallest absolute Gasteiger partial charge is 0.305 e. The van der Waals surface area contributed by atoms with Gasteiger partial charge in [0.1, 0.15) is 5.76 Å². The van der Waals surface area contributed by atoms with Crippen LogP contribution in [0.4, 0.5) is 5.82 Å². The van der Waals surface area contributed by atoms with E-state index in [4.69, 9.17) is 21.2 Å². The van der Waals surface area contributed by atoms with Crippen molar-refractivity contribution in [2.24, 2.45) is 0 Å². The number of aliphatic carboxylic acids is 1. The highest BCUT2D eigenvalue weighted by Gasteiger charge is 2.21. The van der Waals surface area contributed by atoms with Crippen LogP contribution in [0.1, 0.15) is 22.5 Å². The predicted molar refractivity (Wildman–Crippen MR) is 76.6 cm³/mol. The summed E-state index contributed by atoms with van der Waals surface area (Å²) in [5, 5.41) is 13.1. The Labute approximate surface area is 125 Å². The summed E-state index contributed by atoms with van der Waals surface area (Å²) in [6, 6.07) is 7.92. The van der Waals surface area contributed by atoms with Gasteiger partial charge in [-0.3, -0.25) is 14.5 Å². The van der Waals surface area contributed by atoms with Gasteiger partial charge in [0.2, 0.25) is 0 Å². The van der Waals surface area contributed by atoms with Crippen LogP contribution in [0.3, 0.4) is 0 Å². The molecule has 1 heterocycles. The maximum Gasteiger partial charge on any atom is 0.305 e. The summed E-state index contributed by atoms with van der Waals surface area (Å²) in [4.78, 5) is 24.5. The van der Waals surface area contributed by atoms with Gasteiger partial charge in [-0.15, -0.1) is 0 Å². The molecule has 110 valence electrons. The minimum absolute atomic E-state index is 0.00274. The Bertz CT molecular complexity index is 651. The highest BCUT2D eigenvalue weighted by Crippen LogP contribution is 2.18. The van der Waals surface area contributed by atoms with Crippen molar-refractivity contribution in [3.63, 3.8) is 0 Å². The molecule has 0 aliphatic heterocycles. The third kappa shape index (κ3) is 3.82. The Balaban J connectivity index is 2.27. The van der Waals surface area contributed by atoms with E-state index >= 15 is 0 Å². The fraction of sp³-hybridized carbons (Fsp3) is 0.214. The highest BCUT2D eigenvalue weighted by atomic mass is 35.5. The van der Waals surface area contributed by atoms with E-state index < -0.39 is 5.97 Å². The summed E-state index contributed by atoms with van der Waals surface area (Å²) in [6.07, 6.45) is -0.189. The molecule has 21 heavy (non-hydrogen) atoms. The molecule has 1 amide bonds. The summed E-state index contributed by atoms with van der Waals surface area (Å²) < 4.78 is 4.95. The number of carboxylic acids is 1. The molecule has 2 rings (SSSR count). The number of carbonyl (C=O) groups is 2. The summed E-state index contributed by atoms with van der Waals surface area (Å²) in [7, 11) is 0. The number of carboxylic acid groups (broad SMARTS) is 1. The lowest BCUT2D eigenvalue weighted by Crippen LogP contribution is -2.33. The monoisotopic (exact) mass is 308 g/mol. The van der Waals surface area contributed by atoms with E-state index in [0.29, 0.717) is 16.3 Å². The first kappa shape index (κ1) is 15.1. The fourth-order valence-electron chi connectivity index (χ4n) is 1.76. The standard InChI is InChI=1S/C14H13ClN2O4/c1-9-8-12(16-21-9)17(7-6-13(18)19)14(20)10-2-4-11(15)5-3-10/h2-5,8H,6-7H2,1H3,(H,18,19). The van der Waals surface area contributed by atoms with Gasteiger partial charge in [-0.05, 0) is 31.2 Å². The number of rotatable bonds is 5. The van der Waals surface area contributed by atoms with Crippen molar-refractivity contribution >= 4 is 29.3 Å². The largest absolute Gasteiger partial charge is 0.481 e. The van der Waals surface area contributed by atoms with E-state index in [1.807, 2.05) is 0 Å². The molecule has 0 aliphatic rings. The van der Waals surface area contributed by atoms with Gasteiger partial charge in [0, 0.05) is 23.2 Å². The number of aryl methyl sites for hydroxylation is 1. The van der Waals surface area contributed by atoms with E-state index in [9.17, 15) is 9.59 Å². The molecule has 0 saturated carbocycles. The molecule has 1 N–H and O–H groups in total. The van der Waals surface area contributed by atoms with Gasteiger partial charge in [0.15, 0.2) is 5.82 Å². The molecule has 0 saturated heterocycles. The summed E-state index contributed by atoms with van der Waals surface area (Å²) in [5.74, 6) is -0.534. The van der Waals surface area contributed by atoms with Crippen LogP contribution in [-0.4, -0.2) is 28.7 Å². The SMILES string of the molecule is Cc1cc(N(CCC(=O)O)C(=O)c2ccc(Cl)cc2)no1. The second-order valence-corrected chi connectivity index (χ2v) is 4.84. The summed E-state index contributed by atoms with van der Waals surface area (Å²) in [6.45, 7) is 1.70. The van der Waals surface area contributed by atoms with Crippen LogP contribution >= 0.6 is 11.6 Å². The summed E-state index contributed by atoms with van der Waals surface area (Å²) >= 11 is 5.79. The second kappa shape index (κ2) is 6.41. The van der Waals surface area contributed by atoms with Gasteiger partial charge in [0.05, 0.1) is 6.42 Å². The second-order valence-electron chi connectivity index (χ2n) is 4.40. The Morgan fingerprint density at radius 2 is 2.00 bits per heavy atom. The first-order chi connectivity index (χ1) is 9.97. The minimum atomic E-state index is -0.996. The average Bonchev–Trinajstić information content (AvgIpc) is 2.85. The first-order valence-corrected chi connectivity index (χ1v) is 6.57. The molecule has 0 radical (unpaired) electrons. The van der Waals surface area contributed by atoms with Crippen molar-refractivity contribution in [1.82, 2.24) is 5.16 Å². The van der Waals surface area contributed by atoms with Crippen molar-refractivity contribution < 1.29 is 19.2 Å². The lowest BCUT2D eigenvalue weighted by Gasteiger charge is -2.18. The zero-order chi connectivity index (χ0) is 15.4. The number of amides is 1. The molecule has 0 unspecified atom stereocenters. The van der Waals surface area contributed by atoms with E-state index in [-0.39, 0.29) is 24.7 Å². The molecule has 0 spiro atoms. The number of hydrogen-bond acceptors (Lipinski definition) is 4. The van der Waals surface area contributed by atoms with Gasteiger partial charge < -0.3 is 9.63 Å². The van der Waals surface area contributed by atoms with Gasteiger partial charge in [-0.2, -0.15) is 0 Å². The van der Waals surface area contributed by atoms with Crippen molar-refractivity contribution in [2.75, 3.05) is 11.4 Å². The maximum absolute atomic E-state index is 12.5. The molecule has 0 fully saturated rings. The van der Waals surface area contributed by atoms with E-state index in [1.165, 1.54) is 4.90 Å². The van der Waals surface area contributed by atoms with Crippen LogP contribution in [0.5, 0.6) is 0 Å². The van der Waals surface area contributed by atoms with E-state index in [2.05, 4.69) is 5.16 Å². The number of hydrogen-bond donors (Lipinski definition) is 1. The Morgan fingerprint density at radius 1 is 1.33 bits per heavy atom. The lowest BCUT2D eigenvalue weighted by molar-refractivity contribution is -0.136. The zero-order valence-corrected chi connectivity index (χ0v) is 12.0. The van der Waals surface area contributed by atoms with Gasteiger partial charge in [-0.25, -0.2) is 0 Å². The number of halogens is 1. The summed E-state index contributed by atoms with van der Waals surface area (Å²) in [5.41, 5.74) is 0.394. The lowest BCUT2D eigenvalue weighted by atomic mass is 10.2. The molecule has 1 aromatic heterocycles. The number of nitrogens with zero attached hydrogens (tertiary/aromatic N) is 2. The molecule has 0 atom stereocenters. The third-order valence-electron chi connectivity index (χ3n) is 2.78. The van der Waals surface area contributed by atoms with Crippen LogP contribution < -0.4 is 4.90 Å². The quantitative estimate of drug-likeness (QED) is 0.918. The molecule has 6 nitrogen and oxygen atoms in total.